The van der Waals surface area contributed by atoms with Gasteiger partial charge in [0.25, 0.3) is 0 Å². The summed E-state index contributed by atoms with van der Waals surface area (Å²) in [6.45, 7) is 54.9. The van der Waals surface area contributed by atoms with Crippen molar-refractivity contribution in [2.75, 3.05) is 19.5 Å². The first-order chi connectivity index (χ1) is 14.0. The Kier molecular flexibility index (Phi) is 158. The van der Waals surface area contributed by atoms with Crippen LogP contribution < -0.4 is 0 Å². The van der Waals surface area contributed by atoms with Crippen LogP contribution in [0, 0.1) is 66.5 Å². The second kappa shape index (κ2) is 70.0. The van der Waals surface area contributed by atoms with Crippen LogP contribution in [-0.4, -0.2) is 29.5 Å². The van der Waals surface area contributed by atoms with E-state index >= 15 is 0 Å². The molecule has 10 nitrogen and oxygen atoms in total. The molecule has 0 aromatic carbocycles. The first-order valence-corrected chi connectivity index (χ1v) is 9.29. The molecule has 31 heavy (non-hydrogen) atoms. The zero-order valence-corrected chi connectivity index (χ0v) is 24.2. The number of hydrogen-bond acceptors (Lipinski definition) is 0. The molecule has 164 valence electrons. The molecule has 1 spiro atoms. The predicted molar refractivity (Wildman–Crippen MR) is 86.7 cm³/mol. The molecule has 2 heterocycles. The Morgan fingerprint density at radius 1 is 0.484 bits per heavy atom. The van der Waals surface area contributed by atoms with Gasteiger partial charge in [-0.1, -0.05) is 29.7 Å². The van der Waals surface area contributed by atoms with Gasteiger partial charge >= 0.3 is 113 Å². The van der Waals surface area contributed by atoms with Crippen LogP contribution in [0.2, 0.25) is 0 Å². The first-order valence-electron chi connectivity index (χ1n) is 5.53. The number of hydrogen-bond donors (Lipinski definition) is 0. The Morgan fingerprint density at radius 2 is 0.581 bits per heavy atom. The van der Waals surface area contributed by atoms with Gasteiger partial charge in [-0.25, -0.2) is 0 Å². The summed E-state index contributed by atoms with van der Waals surface area (Å²) in [5.74, 6) is 0. The van der Waals surface area contributed by atoms with Crippen molar-refractivity contribution < 1.29 is 88.7 Å². The molecular formula is C17H14O10P2W2. The molecule has 0 N–H and O–H groups in total. The SMILES string of the molecule is CP1CC12P(C)C2(C)C.[C-]#[O+].[C-]#[O+].[C-]#[O+].[C-]#[O+].[C-]#[O+].[C-]#[O+].[C-]#[O+].[C-]#[O+].[C-]#[O+].[C-]#[O+].[W].[W]. The fraction of sp³-hybridized carbons (Fsp3) is 0.412. The zero-order valence-electron chi connectivity index (χ0n) is 16.5. The van der Waals surface area contributed by atoms with Crippen molar-refractivity contribution in [2.45, 2.75) is 23.9 Å². The van der Waals surface area contributed by atoms with Gasteiger partial charge in [0.15, 0.2) is 0 Å². The molecule has 3 atom stereocenters. The van der Waals surface area contributed by atoms with E-state index in [1.165, 1.54) is 0 Å². The molecule has 2 rings (SSSR count). The van der Waals surface area contributed by atoms with Gasteiger partial charge in [-0.3, -0.25) is 0 Å². The van der Waals surface area contributed by atoms with Gasteiger partial charge in [-0.2, -0.15) is 0 Å². The molecule has 0 bridgehead atoms. The normalized spacial score (nSPS) is 18.1. The van der Waals surface area contributed by atoms with Crippen LogP contribution in [0.25, 0.3) is 0 Å². The monoisotopic (exact) mass is 808 g/mol. The minimum atomic E-state index is 0. The van der Waals surface area contributed by atoms with E-state index in [4.69, 9.17) is 46.5 Å². The van der Waals surface area contributed by atoms with Crippen molar-refractivity contribution in [3.05, 3.63) is 66.5 Å². The van der Waals surface area contributed by atoms with E-state index in [0.29, 0.717) is 15.8 Å². The largest absolute Gasteiger partial charge is 0 e. The van der Waals surface area contributed by atoms with E-state index in [9.17, 15) is 0 Å². The van der Waals surface area contributed by atoms with E-state index in [2.05, 4.69) is 93.7 Å². The molecular weight excluding hydrogens is 794 g/mol. The maximum Gasteiger partial charge on any atom is 0 e. The summed E-state index contributed by atoms with van der Waals surface area (Å²) in [5.41, 5.74) is 0. The Bertz CT molecular complexity index is 446. The van der Waals surface area contributed by atoms with Gasteiger partial charge < -0.3 is 0 Å². The van der Waals surface area contributed by atoms with E-state index in [0.717, 1.165) is 10.1 Å². The molecule has 0 aromatic heterocycles. The van der Waals surface area contributed by atoms with Crippen molar-refractivity contribution in [1.82, 2.24) is 0 Å². The first kappa shape index (κ1) is 69.8. The maximum absolute atomic E-state index is 7.50. The minimum absolute atomic E-state index is 0. The predicted octanol–water partition coefficient (Wildman–Crippen LogP) is 2.33. The molecule has 0 radical (unpaired) electrons. The Morgan fingerprint density at radius 3 is 0.581 bits per heavy atom. The second-order valence-electron chi connectivity index (χ2n) is 3.79. The molecule has 2 saturated heterocycles. The van der Waals surface area contributed by atoms with E-state index in [1.807, 2.05) is 0 Å². The van der Waals surface area contributed by atoms with Gasteiger partial charge in [0.2, 0.25) is 0 Å². The third kappa shape index (κ3) is 29.6. The molecule has 2 fully saturated rings. The zero-order chi connectivity index (χ0) is 26.9. The fourth-order valence-corrected chi connectivity index (χ4v) is 11.8. The molecule has 2 aliphatic heterocycles. The quantitative estimate of drug-likeness (QED) is 0.197. The molecule has 0 saturated carbocycles. The average molecular weight is 808 g/mol. The van der Waals surface area contributed by atoms with Gasteiger partial charge in [-0.15, -0.1) is 0 Å². The van der Waals surface area contributed by atoms with Crippen LogP contribution >= 0.6 is 15.8 Å². The van der Waals surface area contributed by atoms with E-state index in [-0.39, 0.29) is 42.1 Å². The molecule has 3 unspecified atom stereocenters. The minimum Gasteiger partial charge on any atom is 0 e. The molecule has 0 aliphatic carbocycles. The fourth-order valence-electron chi connectivity index (χ4n) is 2.16. The van der Waals surface area contributed by atoms with Crippen LogP contribution in [-0.2, 0) is 88.7 Å². The van der Waals surface area contributed by atoms with Crippen LogP contribution in [0.3, 0.4) is 0 Å². The van der Waals surface area contributed by atoms with Gasteiger partial charge in [0.05, 0.1) is 0 Å². The van der Waals surface area contributed by atoms with Crippen molar-refractivity contribution in [3.63, 3.8) is 0 Å². The van der Waals surface area contributed by atoms with Crippen molar-refractivity contribution in [2.24, 2.45) is 0 Å². The topological polar surface area (TPSA) is 199 Å². The Labute approximate surface area is 213 Å². The molecule has 0 amide bonds. The summed E-state index contributed by atoms with van der Waals surface area (Å²) in [7, 11) is 0.943. The van der Waals surface area contributed by atoms with Crippen LogP contribution in [0.5, 0.6) is 0 Å². The second-order valence-corrected chi connectivity index (χ2v) is 9.62. The van der Waals surface area contributed by atoms with Gasteiger partial charge in [-0.05, 0) is 24.6 Å². The third-order valence-electron chi connectivity index (χ3n) is 3.31. The summed E-state index contributed by atoms with van der Waals surface area (Å²) in [6, 6.07) is 0. The molecule has 2 aliphatic rings. The van der Waals surface area contributed by atoms with Gasteiger partial charge in [0, 0.05) is 47.0 Å². The summed E-state index contributed by atoms with van der Waals surface area (Å²) < 4.78 is 75.0. The molecule has 0 aromatic rings. The third-order valence-corrected chi connectivity index (χ3v) is 11.9. The van der Waals surface area contributed by atoms with Crippen LogP contribution in [0.4, 0.5) is 0 Å². The van der Waals surface area contributed by atoms with Crippen molar-refractivity contribution >= 4 is 15.8 Å². The average Bonchev–Trinajstić information content (AvgIpc) is 3.69. The van der Waals surface area contributed by atoms with Gasteiger partial charge in [0.1, 0.15) is 0 Å². The van der Waals surface area contributed by atoms with E-state index in [1.54, 1.807) is 6.16 Å². The smallest absolute Gasteiger partial charge is 0 e. The Balaban J connectivity index is -0.0000000178. The van der Waals surface area contributed by atoms with Crippen molar-refractivity contribution in [3.8, 4) is 0 Å². The van der Waals surface area contributed by atoms with Crippen LogP contribution in [0.1, 0.15) is 13.8 Å². The summed E-state index contributed by atoms with van der Waals surface area (Å²) in [6.07, 6.45) is 1.59. The Hall–Kier alpha value is -0.363. The van der Waals surface area contributed by atoms with Crippen molar-refractivity contribution in [1.29, 1.82) is 0 Å². The molecule has 14 heteroatoms. The van der Waals surface area contributed by atoms with E-state index < -0.39 is 0 Å². The van der Waals surface area contributed by atoms with Crippen LogP contribution in [0.15, 0.2) is 0 Å². The summed E-state index contributed by atoms with van der Waals surface area (Å²) in [5, 5.41) is 0.781. The maximum atomic E-state index is 7.50. The standard InChI is InChI=1S/C7H14P2.10CO.2W/c1-6(2)7(9(6)4)5-8(7)3;10*1-2;;/h5H2,1-4H3;;;;;;;;;;;;. The number of rotatable bonds is 0. The summed E-state index contributed by atoms with van der Waals surface area (Å²) >= 11 is 0. The summed E-state index contributed by atoms with van der Waals surface area (Å²) in [4.78, 5) is 0.942.